The van der Waals surface area contributed by atoms with Crippen LogP contribution in [0.3, 0.4) is 0 Å². The highest BCUT2D eigenvalue weighted by Crippen LogP contribution is 2.37. The van der Waals surface area contributed by atoms with Crippen molar-refractivity contribution in [3.05, 3.63) is 60.2 Å². The lowest BCUT2D eigenvalue weighted by molar-refractivity contribution is 0.0603. The minimum atomic E-state index is 0.0698. The van der Waals surface area contributed by atoms with Crippen molar-refractivity contribution in [2.24, 2.45) is 5.41 Å². The Morgan fingerprint density at radius 1 is 0.929 bits per heavy atom. The first kappa shape index (κ1) is 18.8. The minimum Gasteiger partial charge on any atom is -0.490 e. The molecule has 0 aromatic heterocycles. The van der Waals surface area contributed by atoms with Gasteiger partial charge in [-0.05, 0) is 55.5 Å². The van der Waals surface area contributed by atoms with Gasteiger partial charge in [-0.1, -0.05) is 30.3 Å². The maximum Gasteiger partial charge on any atom is 0.257 e. The summed E-state index contributed by atoms with van der Waals surface area (Å²) in [7, 11) is 0. The first-order valence-corrected chi connectivity index (χ1v) is 10.2. The van der Waals surface area contributed by atoms with E-state index in [0.717, 1.165) is 44.8 Å². The summed E-state index contributed by atoms with van der Waals surface area (Å²) >= 11 is 0. The number of nitrogens with zero attached hydrogens (tertiary/aromatic N) is 1. The highest BCUT2D eigenvalue weighted by Gasteiger charge is 2.38. The monoisotopic (exact) mass is 380 g/mol. The van der Waals surface area contributed by atoms with Crippen molar-refractivity contribution >= 4 is 5.91 Å². The first-order valence-electron chi connectivity index (χ1n) is 10.2. The largest absolute Gasteiger partial charge is 0.490 e. The molecule has 5 heteroatoms. The molecule has 2 aromatic rings. The number of ether oxygens (including phenoxy) is 2. The van der Waals surface area contributed by atoms with Crippen LogP contribution in [-0.2, 0) is 0 Å². The van der Waals surface area contributed by atoms with Gasteiger partial charge in [-0.15, -0.1) is 0 Å². The number of carbonyl (C=O) groups excluding carboxylic acids is 1. The van der Waals surface area contributed by atoms with Gasteiger partial charge in [-0.2, -0.15) is 0 Å². The van der Waals surface area contributed by atoms with Gasteiger partial charge in [-0.25, -0.2) is 0 Å². The molecule has 2 aromatic carbocycles. The molecule has 2 saturated heterocycles. The van der Waals surface area contributed by atoms with Crippen LogP contribution in [0.1, 0.15) is 29.6 Å². The second kappa shape index (κ2) is 8.65. The van der Waals surface area contributed by atoms with Gasteiger partial charge in [0.25, 0.3) is 5.91 Å². The van der Waals surface area contributed by atoms with E-state index in [-0.39, 0.29) is 5.91 Å². The molecule has 2 heterocycles. The Kier molecular flexibility index (Phi) is 5.81. The van der Waals surface area contributed by atoms with Gasteiger partial charge in [0.1, 0.15) is 24.7 Å². The zero-order chi connectivity index (χ0) is 19.2. The second-order valence-electron chi connectivity index (χ2n) is 7.73. The molecule has 5 nitrogen and oxygen atoms in total. The molecule has 28 heavy (non-hydrogen) atoms. The average molecular weight is 380 g/mol. The molecule has 0 aliphatic carbocycles. The zero-order valence-corrected chi connectivity index (χ0v) is 16.2. The van der Waals surface area contributed by atoms with Crippen LogP contribution in [0.15, 0.2) is 54.6 Å². The zero-order valence-electron chi connectivity index (χ0n) is 16.2. The fourth-order valence-electron chi connectivity index (χ4n) is 4.17. The number of para-hydroxylation sites is 2. The van der Waals surface area contributed by atoms with Crippen molar-refractivity contribution in [2.45, 2.75) is 19.3 Å². The lowest BCUT2D eigenvalue weighted by atomic mass is 9.78. The molecule has 0 atom stereocenters. The van der Waals surface area contributed by atoms with Crippen molar-refractivity contribution in [2.75, 3.05) is 39.4 Å². The summed E-state index contributed by atoms with van der Waals surface area (Å²) < 4.78 is 11.6. The summed E-state index contributed by atoms with van der Waals surface area (Å²) in [4.78, 5) is 15.1. The van der Waals surface area contributed by atoms with E-state index in [4.69, 9.17) is 9.47 Å². The summed E-state index contributed by atoms with van der Waals surface area (Å²) in [6, 6.07) is 17.2. The van der Waals surface area contributed by atoms with Gasteiger partial charge in [0.2, 0.25) is 0 Å². The molecule has 4 rings (SSSR count). The SMILES string of the molecule is O=C(c1ccccc1OCCOc1ccccc1)N1CCC2(CCNC2)CC1. The molecule has 2 fully saturated rings. The van der Waals surface area contributed by atoms with Gasteiger partial charge in [0, 0.05) is 19.6 Å². The maximum atomic E-state index is 13.1. The predicted octanol–water partition coefficient (Wildman–Crippen LogP) is 3.36. The molecule has 0 saturated carbocycles. The van der Waals surface area contributed by atoms with E-state index in [0.29, 0.717) is 29.9 Å². The maximum absolute atomic E-state index is 13.1. The molecular formula is C23H28N2O3. The topological polar surface area (TPSA) is 50.8 Å². The molecule has 0 unspecified atom stereocenters. The molecule has 2 aliphatic rings. The molecule has 1 spiro atoms. The van der Waals surface area contributed by atoms with Crippen LogP contribution < -0.4 is 14.8 Å². The summed E-state index contributed by atoms with van der Waals surface area (Å²) in [5.74, 6) is 1.52. The predicted molar refractivity (Wildman–Crippen MR) is 109 cm³/mol. The minimum absolute atomic E-state index is 0.0698. The molecule has 1 amide bonds. The molecule has 1 N–H and O–H groups in total. The fraction of sp³-hybridized carbons (Fsp3) is 0.435. The van der Waals surface area contributed by atoms with Crippen LogP contribution >= 0.6 is 0 Å². The van der Waals surface area contributed by atoms with Crippen LogP contribution in [0.25, 0.3) is 0 Å². The number of piperidine rings is 1. The highest BCUT2D eigenvalue weighted by atomic mass is 16.5. The molecule has 0 bridgehead atoms. The van der Waals surface area contributed by atoms with Crippen LogP contribution in [0.5, 0.6) is 11.5 Å². The van der Waals surface area contributed by atoms with Crippen molar-refractivity contribution in [3.63, 3.8) is 0 Å². The number of likely N-dealkylation sites (tertiary alicyclic amines) is 1. The Morgan fingerprint density at radius 2 is 1.64 bits per heavy atom. The van der Waals surface area contributed by atoms with Crippen LogP contribution in [-0.4, -0.2) is 50.2 Å². The fourth-order valence-corrected chi connectivity index (χ4v) is 4.17. The Balaban J connectivity index is 1.32. The third kappa shape index (κ3) is 4.30. The lowest BCUT2D eigenvalue weighted by Gasteiger charge is -2.39. The van der Waals surface area contributed by atoms with Gasteiger partial charge in [0.15, 0.2) is 0 Å². The third-order valence-corrected chi connectivity index (χ3v) is 5.91. The van der Waals surface area contributed by atoms with Gasteiger partial charge < -0.3 is 19.7 Å². The molecule has 148 valence electrons. The summed E-state index contributed by atoms with van der Waals surface area (Å²) in [5.41, 5.74) is 1.05. The highest BCUT2D eigenvalue weighted by molar-refractivity contribution is 5.97. The van der Waals surface area contributed by atoms with E-state index in [1.165, 1.54) is 6.42 Å². The van der Waals surface area contributed by atoms with E-state index in [2.05, 4.69) is 5.32 Å². The number of carbonyl (C=O) groups is 1. The average Bonchev–Trinajstić information content (AvgIpc) is 3.20. The summed E-state index contributed by atoms with van der Waals surface area (Å²) in [6.45, 7) is 4.68. The quantitative estimate of drug-likeness (QED) is 0.781. The van der Waals surface area contributed by atoms with E-state index >= 15 is 0 Å². The summed E-state index contributed by atoms with van der Waals surface area (Å²) in [5, 5.41) is 3.47. The number of amides is 1. The van der Waals surface area contributed by atoms with Crippen molar-refractivity contribution in [3.8, 4) is 11.5 Å². The van der Waals surface area contributed by atoms with Crippen molar-refractivity contribution < 1.29 is 14.3 Å². The lowest BCUT2D eigenvalue weighted by Crippen LogP contribution is -2.44. The van der Waals surface area contributed by atoms with E-state index in [1.54, 1.807) is 0 Å². The molecule has 0 radical (unpaired) electrons. The number of benzene rings is 2. The molecule has 2 aliphatic heterocycles. The van der Waals surface area contributed by atoms with Gasteiger partial charge in [-0.3, -0.25) is 4.79 Å². The van der Waals surface area contributed by atoms with Crippen LogP contribution in [0.2, 0.25) is 0 Å². The second-order valence-corrected chi connectivity index (χ2v) is 7.73. The first-order chi connectivity index (χ1) is 13.8. The Morgan fingerprint density at radius 3 is 2.39 bits per heavy atom. The Bertz CT molecular complexity index is 777. The van der Waals surface area contributed by atoms with Gasteiger partial charge >= 0.3 is 0 Å². The van der Waals surface area contributed by atoms with Crippen molar-refractivity contribution in [1.29, 1.82) is 0 Å². The third-order valence-electron chi connectivity index (χ3n) is 5.91. The van der Waals surface area contributed by atoms with Crippen LogP contribution in [0.4, 0.5) is 0 Å². The normalized spacial score (nSPS) is 18.2. The smallest absolute Gasteiger partial charge is 0.257 e. The van der Waals surface area contributed by atoms with E-state index in [9.17, 15) is 4.79 Å². The van der Waals surface area contributed by atoms with E-state index < -0.39 is 0 Å². The Labute approximate surface area is 166 Å². The number of rotatable bonds is 6. The van der Waals surface area contributed by atoms with Crippen LogP contribution in [0, 0.1) is 5.41 Å². The van der Waals surface area contributed by atoms with Crippen molar-refractivity contribution in [1.82, 2.24) is 10.2 Å². The standard InChI is InChI=1S/C23H28N2O3/c26-22(25-14-11-23(12-15-25)10-13-24-18-23)20-8-4-5-9-21(20)28-17-16-27-19-6-2-1-3-7-19/h1-9,24H,10-18H2. The number of nitrogens with one attached hydrogen (secondary N) is 1. The van der Waals surface area contributed by atoms with E-state index in [1.807, 2.05) is 59.5 Å². The number of hydrogen-bond donors (Lipinski definition) is 1. The molecular weight excluding hydrogens is 352 g/mol. The van der Waals surface area contributed by atoms with Gasteiger partial charge in [0.05, 0.1) is 5.56 Å². The Hall–Kier alpha value is -2.53. The number of hydrogen-bond acceptors (Lipinski definition) is 4. The summed E-state index contributed by atoms with van der Waals surface area (Å²) in [6.07, 6.45) is 3.40.